The Kier molecular flexibility index (Phi) is 3.49. The summed E-state index contributed by atoms with van der Waals surface area (Å²) < 4.78 is 13.4. The molecule has 0 atom stereocenters. The van der Waals surface area contributed by atoms with Gasteiger partial charge in [-0.25, -0.2) is 9.37 Å². The SMILES string of the molecule is O=c1ccnc(/C=C/c2ccc(F)c(Br)c2)[nH]1. The van der Waals surface area contributed by atoms with Crippen molar-refractivity contribution in [1.29, 1.82) is 0 Å². The lowest BCUT2D eigenvalue weighted by atomic mass is 10.2. The number of halogens is 2. The Hall–Kier alpha value is -1.75. The van der Waals surface area contributed by atoms with Gasteiger partial charge >= 0.3 is 0 Å². The van der Waals surface area contributed by atoms with E-state index < -0.39 is 0 Å². The second-order valence-corrected chi connectivity index (χ2v) is 4.18. The minimum absolute atomic E-state index is 0.208. The summed E-state index contributed by atoms with van der Waals surface area (Å²) in [5.74, 6) is 0.145. The zero-order valence-corrected chi connectivity index (χ0v) is 10.2. The van der Waals surface area contributed by atoms with Crippen molar-refractivity contribution in [2.24, 2.45) is 0 Å². The Labute approximate surface area is 105 Å². The van der Waals surface area contributed by atoms with Crippen LogP contribution in [0.1, 0.15) is 11.4 Å². The van der Waals surface area contributed by atoms with Crippen LogP contribution >= 0.6 is 15.9 Å². The van der Waals surface area contributed by atoms with Crippen LogP contribution in [-0.2, 0) is 0 Å². The molecule has 1 heterocycles. The summed E-state index contributed by atoms with van der Waals surface area (Å²) in [6.07, 6.45) is 4.82. The Bertz CT molecular complexity index is 622. The highest BCUT2D eigenvalue weighted by Gasteiger charge is 1.97. The molecule has 0 aliphatic carbocycles. The Balaban J connectivity index is 2.26. The minimum Gasteiger partial charge on any atom is -0.307 e. The van der Waals surface area contributed by atoms with Crippen LogP contribution in [0.15, 0.2) is 39.7 Å². The lowest BCUT2D eigenvalue weighted by Crippen LogP contribution is -2.05. The third kappa shape index (κ3) is 3.10. The summed E-state index contributed by atoms with van der Waals surface area (Å²) in [5.41, 5.74) is 0.602. The zero-order chi connectivity index (χ0) is 12.3. The van der Waals surface area contributed by atoms with Gasteiger partial charge in [0.25, 0.3) is 5.56 Å². The number of nitrogens with one attached hydrogen (secondary N) is 1. The first-order chi connectivity index (χ1) is 8.15. The number of aromatic amines is 1. The highest BCUT2D eigenvalue weighted by atomic mass is 79.9. The maximum absolute atomic E-state index is 13.0. The molecular weight excluding hydrogens is 287 g/mol. The number of aromatic nitrogens is 2. The number of H-pyrrole nitrogens is 1. The maximum Gasteiger partial charge on any atom is 0.251 e. The van der Waals surface area contributed by atoms with Crippen LogP contribution in [0.4, 0.5) is 4.39 Å². The van der Waals surface area contributed by atoms with Crippen molar-refractivity contribution in [2.45, 2.75) is 0 Å². The van der Waals surface area contributed by atoms with Gasteiger partial charge in [-0.1, -0.05) is 12.1 Å². The molecule has 0 aliphatic heterocycles. The van der Waals surface area contributed by atoms with Gasteiger partial charge < -0.3 is 4.98 Å². The van der Waals surface area contributed by atoms with E-state index in [-0.39, 0.29) is 11.4 Å². The van der Waals surface area contributed by atoms with Crippen LogP contribution in [0.5, 0.6) is 0 Å². The molecule has 0 saturated carbocycles. The minimum atomic E-state index is -0.312. The third-order valence-electron chi connectivity index (χ3n) is 2.07. The molecule has 86 valence electrons. The quantitative estimate of drug-likeness (QED) is 0.926. The van der Waals surface area contributed by atoms with Gasteiger partial charge in [-0.15, -0.1) is 0 Å². The molecule has 5 heteroatoms. The average molecular weight is 295 g/mol. The van der Waals surface area contributed by atoms with Crippen molar-refractivity contribution >= 4 is 28.1 Å². The van der Waals surface area contributed by atoms with E-state index in [0.29, 0.717) is 10.3 Å². The lowest BCUT2D eigenvalue weighted by molar-refractivity contribution is 0.621. The van der Waals surface area contributed by atoms with Crippen LogP contribution in [0.25, 0.3) is 12.2 Å². The molecule has 0 aliphatic rings. The van der Waals surface area contributed by atoms with Crippen molar-refractivity contribution < 1.29 is 4.39 Å². The molecule has 2 aromatic rings. The predicted molar refractivity (Wildman–Crippen MR) is 67.9 cm³/mol. The van der Waals surface area contributed by atoms with E-state index in [1.165, 1.54) is 18.3 Å². The van der Waals surface area contributed by atoms with Crippen LogP contribution in [0.3, 0.4) is 0 Å². The molecule has 0 radical (unpaired) electrons. The molecule has 0 bridgehead atoms. The summed E-state index contributed by atoms with van der Waals surface area (Å²) in [7, 11) is 0. The number of hydrogen-bond acceptors (Lipinski definition) is 2. The van der Waals surface area contributed by atoms with Gasteiger partial charge in [0.2, 0.25) is 0 Å². The molecule has 1 N–H and O–H groups in total. The first-order valence-electron chi connectivity index (χ1n) is 4.83. The van der Waals surface area contributed by atoms with Gasteiger partial charge in [0.05, 0.1) is 4.47 Å². The van der Waals surface area contributed by atoms with Gasteiger partial charge in [0.1, 0.15) is 11.6 Å². The second-order valence-electron chi connectivity index (χ2n) is 3.33. The molecule has 0 spiro atoms. The second kappa shape index (κ2) is 5.05. The van der Waals surface area contributed by atoms with E-state index in [1.54, 1.807) is 24.3 Å². The Morgan fingerprint density at radius 1 is 1.29 bits per heavy atom. The zero-order valence-electron chi connectivity index (χ0n) is 8.65. The Morgan fingerprint density at radius 3 is 2.82 bits per heavy atom. The van der Waals surface area contributed by atoms with E-state index in [2.05, 4.69) is 25.9 Å². The predicted octanol–water partition coefficient (Wildman–Crippen LogP) is 2.84. The van der Waals surface area contributed by atoms with Crippen LogP contribution in [-0.4, -0.2) is 9.97 Å². The normalized spacial score (nSPS) is 10.9. The van der Waals surface area contributed by atoms with Crippen LogP contribution in [0, 0.1) is 5.82 Å². The molecule has 0 amide bonds. The lowest BCUT2D eigenvalue weighted by Gasteiger charge is -1.96. The van der Waals surface area contributed by atoms with E-state index in [0.717, 1.165) is 5.56 Å². The molecule has 17 heavy (non-hydrogen) atoms. The summed E-state index contributed by atoms with van der Waals surface area (Å²) in [6, 6.07) is 5.99. The van der Waals surface area contributed by atoms with Crippen LogP contribution < -0.4 is 5.56 Å². The summed E-state index contributed by atoms with van der Waals surface area (Å²) in [5, 5.41) is 0. The number of benzene rings is 1. The van der Waals surface area contributed by atoms with Gasteiger partial charge in [-0.05, 0) is 39.7 Å². The van der Waals surface area contributed by atoms with Crippen molar-refractivity contribution in [2.75, 3.05) is 0 Å². The molecule has 0 saturated heterocycles. The molecule has 2 rings (SSSR count). The maximum atomic E-state index is 13.0. The molecule has 3 nitrogen and oxygen atoms in total. The van der Waals surface area contributed by atoms with E-state index >= 15 is 0 Å². The fourth-order valence-electron chi connectivity index (χ4n) is 1.26. The molecule has 1 aromatic carbocycles. The summed E-state index contributed by atoms with van der Waals surface area (Å²) in [6.45, 7) is 0. The molecule has 0 fully saturated rings. The standard InChI is InChI=1S/C12H8BrFN2O/c13-9-7-8(1-3-10(9)14)2-4-11-15-6-5-12(17)16-11/h1-7H,(H,15,16,17)/b4-2+. The van der Waals surface area contributed by atoms with Gasteiger partial charge in [0, 0.05) is 12.3 Å². The Morgan fingerprint density at radius 2 is 2.12 bits per heavy atom. The van der Waals surface area contributed by atoms with Gasteiger partial charge in [-0.2, -0.15) is 0 Å². The molecule has 0 unspecified atom stereocenters. The smallest absolute Gasteiger partial charge is 0.251 e. The molecule has 1 aromatic heterocycles. The topological polar surface area (TPSA) is 45.8 Å². The largest absolute Gasteiger partial charge is 0.307 e. The fraction of sp³-hybridized carbons (Fsp3) is 0. The number of nitrogens with zero attached hydrogens (tertiary/aromatic N) is 1. The van der Waals surface area contributed by atoms with Crippen molar-refractivity contribution in [3.05, 3.63) is 62.5 Å². The third-order valence-corrected chi connectivity index (χ3v) is 2.68. The highest BCUT2D eigenvalue weighted by Crippen LogP contribution is 2.17. The number of hydrogen-bond donors (Lipinski definition) is 1. The van der Waals surface area contributed by atoms with Crippen molar-refractivity contribution in [1.82, 2.24) is 9.97 Å². The first-order valence-corrected chi connectivity index (χ1v) is 5.63. The van der Waals surface area contributed by atoms with Gasteiger partial charge in [0.15, 0.2) is 0 Å². The van der Waals surface area contributed by atoms with E-state index in [4.69, 9.17) is 0 Å². The monoisotopic (exact) mass is 294 g/mol. The summed E-state index contributed by atoms with van der Waals surface area (Å²) in [4.78, 5) is 17.5. The molecular formula is C12H8BrFN2O. The van der Waals surface area contributed by atoms with E-state index in [9.17, 15) is 9.18 Å². The van der Waals surface area contributed by atoms with E-state index in [1.807, 2.05) is 0 Å². The van der Waals surface area contributed by atoms with Crippen molar-refractivity contribution in [3.63, 3.8) is 0 Å². The highest BCUT2D eigenvalue weighted by molar-refractivity contribution is 9.10. The number of rotatable bonds is 2. The average Bonchev–Trinajstić information content (AvgIpc) is 2.31. The van der Waals surface area contributed by atoms with Crippen LogP contribution in [0.2, 0.25) is 0 Å². The van der Waals surface area contributed by atoms with Crippen molar-refractivity contribution in [3.8, 4) is 0 Å². The fourth-order valence-corrected chi connectivity index (χ4v) is 1.66. The first kappa shape index (κ1) is 11.7. The summed E-state index contributed by atoms with van der Waals surface area (Å²) >= 11 is 3.10. The van der Waals surface area contributed by atoms with Gasteiger partial charge in [-0.3, -0.25) is 4.79 Å².